The van der Waals surface area contributed by atoms with E-state index in [2.05, 4.69) is 19.6 Å². The summed E-state index contributed by atoms with van der Waals surface area (Å²) in [6.45, 7) is 8.60. The van der Waals surface area contributed by atoms with Crippen molar-refractivity contribution in [3.05, 3.63) is 36.0 Å². The zero-order chi connectivity index (χ0) is 17.5. The van der Waals surface area contributed by atoms with Crippen LogP contribution in [-0.4, -0.2) is 30.1 Å². The predicted molar refractivity (Wildman–Crippen MR) is 91.1 cm³/mol. The topological polar surface area (TPSA) is 63.6 Å². The van der Waals surface area contributed by atoms with Crippen LogP contribution in [0, 0.1) is 22.7 Å². The molecule has 0 aromatic carbocycles. The van der Waals surface area contributed by atoms with Crippen molar-refractivity contribution in [3.8, 4) is 0 Å². The van der Waals surface area contributed by atoms with E-state index in [0.29, 0.717) is 18.6 Å². The number of carbonyl (C=O) groups excluding carboxylic acids is 2. The number of cyclic esters (lactones) is 1. The van der Waals surface area contributed by atoms with Crippen LogP contribution in [0.2, 0.25) is 0 Å². The van der Waals surface area contributed by atoms with E-state index in [1.54, 1.807) is 6.08 Å². The molecule has 4 nitrogen and oxygen atoms in total. The van der Waals surface area contributed by atoms with Crippen LogP contribution < -0.4 is 0 Å². The first-order valence-electron chi connectivity index (χ1n) is 8.70. The van der Waals surface area contributed by atoms with E-state index in [4.69, 9.17) is 4.74 Å². The Bertz CT molecular complexity index is 644. The fourth-order valence-electron chi connectivity index (χ4n) is 5.00. The van der Waals surface area contributed by atoms with Crippen molar-refractivity contribution in [3.63, 3.8) is 0 Å². The number of ether oxygens (including phenoxy) is 1. The maximum absolute atomic E-state index is 12.5. The van der Waals surface area contributed by atoms with Gasteiger partial charge in [-0.05, 0) is 36.7 Å². The van der Waals surface area contributed by atoms with Gasteiger partial charge in [-0.3, -0.25) is 4.79 Å². The number of rotatable bonds is 3. The monoisotopic (exact) mass is 330 g/mol. The smallest absolute Gasteiger partial charge is 0.338 e. The van der Waals surface area contributed by atoms with Gasteiger partial charge in [-0.25, -0.2) is 4.79 Å². The molecule has 4 atom stereocenters. The lowest BCUT2D eigenvalue weighted by atomic mass is 9.47. The lowest BCUT2D eigenvalue weighted by Crippen LogP contribution is -2.55. The average Bonchev–Trinajstić information content (AvgIpc) is 2.96. The Hall–Kier alpha value is -1.68. The second kappa shape index (κ2) is 5.99. The number of ketones is 1. The molecule has 0 spiro atoms. The number of aliphatic hydroxyl groups excluding tert-OH is 1. The second-order valence-corrected chi connectivity index (χ2v) is 7.85. The largest absolute Gasteiger partial charge is 0.458 e. The van der Waals surface area contributed by atoms with E-state index < -0.39 is 5.41 Å². The molecule has 1 unspecified atom stereocenters. The van der Waals surface area contributed by atoms with Crippen molar-refractivity contribution in [2.75, 3.05) is 13.2 Å². The minimum Gasteiger partial charge on any atom is -0.458 e. The number of fused-ring (bicyclic) bond motifs is 1. The van der Waals surface area contributed by atoms with Crippen molar-refractivity contribution in [1.29, 1.82) is 0 Å². The van der Waals surface area contributed by atoms with Crippen LogP contribution in [0.25, 0.3) is 0 Å². The second-order valence-electron chi connectivity index (χ2n) is 7.85. The molecule has 3 aliphatic rings. The Morgan fingerprint density at radius 1 is 1.38 bits per heavy atom. The van der Waals surface area contributed by atoms with Gasteiger partial charge in [0.05, 0.1) is 17.6 Å². The van der Waals surface area contributed by atoms with Gasteiger partial charge >= 0.3 is 5.97 Å². The third-order valence-electron chi connectivity index (χ3n) is 6.55. The zero-order valence-corrected chi connectivity index (χ0v) is 14.5. The molecule has 2 saturated carbocycles. The molecule has 3 rings (SSSR count). The van der Waals surface area contributed by atoms with Crippen LogP contribution in [-0.2, 0) is 14.3 Å². The quantitative estimate of drug-likeness (QED) is 0.638. The van der Waals surface area contributed by atoms with Crippen LogP contribution in [0.3, 0.4) is 0 Å². The molecule has 0 saturated heterocycles. The van der Waals surface area contributed by atoms with Gasteiger partial charge in [-0.15, -0.1) is 0 Å². The molecule has 0 amide bonds. The van der Waals surface area contributed by atoms with Crippen molar-refractivity contribution in [2.24, 2.45) is 22.7 Å². The van der Waals surface area contributed by atoms with Crippen LogP contribution in [0.15, 0.2) is 36.0 Å². The molecule has 2 fully saturated rings. The van der Waals surface area contributed by atoms with Gasteiger partial charge in [0.1, 0.15) is 12.4 Å². The number of aliphatic hydroxyl groups is 1. The normalized spacial score (nSPS) is 39.8. The van der Waals surface area contributed by atoms with Crippen LogP contribution in [0.4, 0.5) is 0 Å². The number of allylic oxidation sites excluding steroid dienone is 2. The molecule has 0 bridgehead atoms. The Kier molecular flexibility index (Phi) is 4.28. The summed E-state index contributed by atoms with van der Waals surface area (Å²) in [6, 6.07) is 0. The molecule has 0 aromatic rings. The van der Waals surface area contributed by atoms with Gasteiger partial charge in [0, 0.05) is 12.3 Å². The molecule has 4 heteroatoms. The van der Waals surface area contributed by atoms with Gasteiger partial charge in [-0.2, -0.15) is 0 Å². The fourth-order valence-corrected chi connectivity index (χ4v) is 5.00. The third kappa shape index (κ3) is 2.48. The van der Waals surface area contributed by atoms with Crippen LogP contribution in [0.1, 0.15) is 39.5 Å². The summed E-state index contributed by atoms with van der Waals surface area (Å²) in [5.74, 6) is 0.114. The van der Waals surface area contributed by atoms with Crippen molar-refractivity contribution < 1.29 is 19.4 Å². The Labute approximate surface area is 143 Å². The van der Waals surface area contributed by atoms with Gasteiger partial charge in [0.15, 0.2) is 0 Å². The number of carbonyl (C=O) groups is 2. The lowest BCUT2D eigenvalue weighted by molar-refractivity contribution is -0.150. The standard InChI is InChI=1S/C20H26O4/c1-13-4-7-16-19(2,10-8-17(22)20(16,3)12-21)15(13)6-5-14-9-11-24-18(14)23/h5-6,9,15-16,21H,1,4,7-8,10-12H2,2-3H3/b6-5+/t15-,16?,19+,20+/m1/s1. The highest BCUT2D eigenvalue weighted by molar-refractivity contribution is 5.93. The van der Waals surface area contributed by atoms with Crippen LogP contribution in [0.5, 0.6) is 0 Å². The molecule has 0 aromatic heterocycles. The molecular weight excluding hydrogens is 304 g/mol. The highest BCUT2D eigenvalue weighted by atomic mass is 16.5. The molecule has 2 aliphatic carbocycles. The SMILES string of the molecule is C=C1CCC2[C@](C)(CO)C(=O)CC[C@@]2(C)[C@@H]1/C=C/C1=CCOC1=O. The van der Waals surface area contributed by atoms with Gasteiger partial charge in [0.2, 0.25) is 0 Å². The van der Waals surface area contributed by atoms with Crippen molar-refractivity contribution >= 4 is 11.8 Å². The summed E-state index contributed by atoms with van der Waals surface area (Å²) in [5, 5.41) is 9.93. The molecule has 1 heterocycles. The van der Waals surface area contributed by atoms with E-state index in [1.165, 1.54) is 0 Å². The van der Waals surface area contributed by atoms with E-state index >= 15 is 0 Å². The molecule has 1 aliphatic heterocycles. The Morgan fingerprint density at radius 2 is 2.12 bits per heavy atom. The summed E-state index contributed by atoms with van der Waals surface area (Å²) in [5.41, 5.74) is 0.933. The highest BCUT2D eigenvalue weighted by Gasteiger charge is 2.57. The van der Waals surface area contributed by atoms with Crippen molar-refractivity contribution in [2.45, 2.75) is 39.5 Å². The van der Waals surface area contributed by atoms with Gasteiger partial charge in [-0.1, -0.05) is 38.2 Å². The summed E-state index contributed by atoms with van der Waals surface area (Å²) < 4.78 is 4.95. The molecule has 0 radical (unpaired) electrons. The minimum absolute atomic E-state index is 0.101. The maximum Gasteiger partial charge on any atom is 0.338 e. The Balaban J connectivity index is 1.94. The molecule has 1 N–H and O–H groups in total. The predicted octanol–water partition coefficient (Wildman–Crippen LogP) is 2.98. The van der Waals surface area contributed by atoms with E-state index in [-0.39, 0.29) is 35.6 Å². The van der Waals surface area contributed by atoms with Gasteiger partial charge < -0.3 is 9.84 Å². The molecule has 130 valence electrons. The fraction of sp³-hybridized carbons (Fsp3) is 0.600. The first-order chi connectivity index (χ1) is 11.3. The van der Waals surface area contributed by atoms with Gasteiger partial charge in [0.25, 0.3) is 0 Å². The van der Waals surface area contributed by atoms with E-state index in [9.17, 15) is 14.7 Å². The maximum atomic E-state index is 12.5. The average molecular weight is 330 g/mol. The van der Waals surface area contributed by atoms with E-state index in [1.807, 2.05) is 13.0 Å². The first-order valence-corrected chi connectivity index (χ1v) is 8.70. The number of hydrogen-bond acceptors (Lipinski definition) is 4. The minimum atomic E-state index is -0.675. The lowest BCUT2D eigenvalue weighted by Gasteiger charge is -2.56. The number of Topliss-reactive ketones (excluding diaryl/α,β-unsaturated/α-hetero) is 1. The third-order valence-corrected chi connectivity index (χ3v) is 6.55. The molecule has 24 heavy (non-hydrogen) atoms. The number of esters is 1. The summed E-state index contributed by atoms with van der Waals surface area (Å²) in [4.78, 5) is 24.1. The summed E-state index contributed by atoms with van der Waals surface area (Å²) in [6.07, 6.45) is 8.70. The van der Waals surface area contributed by atoms with Crippen LogP contribution >= 0.6 is 0 Å². The summed E-state index contributed by atoms with van der Waals surface area (Å²) in [7, 11) is 0. The summed E-state index contributed by atoms with van der Waals surface area (Å²) >= 11 is 0. The zero-order valence-electron chi connectivity index (χ0n) is 14.5. The first kappa shape index (κ1) is 17.2. The van der Waals surface area contributed by atoms with E-state index in [0.717, 1.165) is 24.8 Å². The molecular formula is C20H26O4. The highest BCUT2D eigenvalue weighted by Crippen LogP contribution is 2.60. The Morgan fingerprint density at radius 3 is 2.75 bits per heavy atom. The van der Waals surface area contributed by atoms with Crippen molar-refractivity contribution in [1.82, 2.24) is 0 Å². The number of hydrogen-bond donors (Lipinski definition) is 1.